The standard InChI is InChI=1S/C21H26N4O3/c1-2-28-21(27)16-11-7-8-12-17(16)23-20(26)18-13-14-19(25-24-18)22-15-9-5-3-4-6-10-15/h7-8,11-15H,2-6,9-10H2,1H3,(H,22,25)(H,23,26). The lowest BCUT2D eigenvalue weighted by molar-refractivity contribution is 0.0527. The lowest BCUT2D eigenvalue weighted by atomic mass is 10.1. The first-order valence-corrected chi connectivity index (χ1v) is 9.85. The Labute approximate surface area is 164 Å². The highest BCUT2D eigenvalue weighted by atomic mass is 16.5. The summed E-state index contributed by atoms with van der Waals surface area (Å²) >= 11 is 0. The van der Waals surface area contributed by atoms with Crippen LogP contribution in [0, 0.1) is 0 Å². The molecular weight excluding hydrogens is 356 g/mol. The average molecular weight is 382 g/mol. The van der Waals surface area contributed by atoms with E-state index in [9.17, 15) is 9.59 Å². The Bertz CT molecular complexity index is 800. The van der Waals surface area contributed by atoms with E-state index in [2.05, 4.69) is 20.8 Å². The predicted octanol–water partition coefficient (Wildman–Crippen LogP) is 4.04. The second-order valence-electron chi connectivity index (χ2n) is 6.86. The monoisotopic (exact) mass is 382 g/mol. The third kappa shape index (κ3) is 5.28. The van der Waals surface area contributed by atoms with Crippen LogP contribution in [0.2, 0.25) is 0 Å². The van der Waals surface area contributed by atoms with Crippen LogP contribution in [0.25, 0.3) is 0 Å². The highest BCUT2D eigenvalue weighted by Gasteiger charge is 2.17. The number of hydrogen-bond acceptors (Lipinski definition) is 6. The molecule has 1 fully saturated rings. The molecule has 1 saturated carbocycles. The minimum absolute atomic E-state index is 0.185. The van der Waals surface area contributed by atoms with Gasteiger partial charge in [0.15, 0.2) is 5.69 Å². The number of para-hydroxylation sites is 1. The summed E-state index contributed by atoms with van der Waals surface area (Å²) in [5.41, 5.74) is 0.871. The average Bonchev–Trinajstić information content (AvgIpc) is 2.98. The van der Waals surface area contributed by atoms with Crippen LogP contribution in [-0.4, -0.2) is 34.7 Å². The molecule has 1 aromatic heterocycles. The maximum atomic E-state index is 12.5. The quantitative estimate of drug-likeness (QED) is 0.578. The smallest absolute Gasteiger partial charge is 0.340 e. The van der Waals surface area contributed by atoms with Crippen molar-refractivity contribution in [2.45, 2.75) is 51.5 Å². The molecule has 1 amide bonds. The zero-order chi connectivity index (χ0) is 19.8. The molecular formula is C21H26N4O3. The van der Waals surface area contributed by atoms with E-state index >= 15 is 0 Å². The van der Waals surface area contributed by atoms with E-state index < -0.39 is 11.9 Å². The van der Waals surface area contributed by atoms with E-state index in [0.29, 0.717) is 23.1 Å². The first kappa shape index (κ1) is 19.8. The van der Waals surface area contributed by atoms with Crippen molar-refractivity contribution in [2.24, 2.45) is 0 Å². The third-order valence-electron chi connectivity index (χ3n) is 4.77. The predicted molar refractivity (Wildman–Crippen MR) is 107 cm³/mol. The second kappa shape index (κ2) is 9.82. The number of rotatable bonds is 6. The topological polar surface area (TPSA) is 93.2 Å². The maximum absolute atomic E-state index is 12.5. The van der Waals surface area contributed by atoms with Crippen LogP contribution in [0.15, 0.2) is 36.4 Å². The molecule has 1 heterocycles. The van der Waals surface area contributed by atoms with Gasteiger partial charge in [-0.3, -0.25) is 4.79 Å². The molecule has 0 bridgehead atoms. The van der Waals surface area contributed by atoms with Gasteiger partial charge in [-0.1, -0.05) is 37.8 Å². The summed E-state index contributed by atoms with van der Waals surface area (Å²) in [5, 5.41) is 14.3. The molecule has 2 N–H and O–H groups in total. The van der Waals surface area contributed by atoms with Gasteiger partial charge in [0.1, 0.15) is 5.82 Å². The van der Waals surface area contributed by atoms with Crippen molar-refractivity contribution in [2.75, 3.05) is 17.2 Å². The number of anilines is 2. The number of esters is 1. The molecule has 0 radical (unpaired) electrons. The molecule has 7 nitrogen and oxygen atoms in total. The van der Waals surface area contributed by atoms with Crippen LogP contribution in [0.3, 0.4) is 0 Å². The number of hydrogen-bond donors (Lipinski definition) is 2. The summed E-state index contributed by atoms with van der Waals surface area (Å²) in [6.07, 6.45) is 7.30. The van der Waals surface area contributed by atoms with E-state index in [1.54, 1.807) is 43.3 Å². The minimum atomic E-state index is -0.479. The lowest BCUT2D eigenvalue weighted by Crippen LogP contribution is -2.20. The number of benzene rings is 1. The van der Waals surface area contributed by atoms with Crippen LogP contribution >= 0.6 is 0 Å². The molecule has 28 heavy (non-hydrogen) atoms. The summed E-state index contributed by atoms with van der Waals surface area (Å²) in [6, 6.07) is 10.5. The van der Waals surface area contributed by atoms with Gasteiger partial charge in [0, 0.05) is 6.04 Å². The molecule has 7 heteroatoms. The molecule has 2 aromatic rings. The number of carbonyl (C=O) groups is 2. The Kier molecular flexibility index (Phi) is 6.94. The number of ether oxygens (including phenoxy) is 1. The van der Waals surface area contributed by atoms with Gasteiger partial charge < -0.3 is 15.4 Å². The summed E-state index contributed by atoms with van der Waals surface area (Å²) in [5.74, 6) is -0.229. The Morgan fingerprint density at radius 1 is 1.04 bits per heavy atom. The van der Waals surface area contributed by atoms with Gasteiger partial charge in [-0.25, -0.2) is 4.79 Å². The van der Waals surface area contributed by atoms with Gasteiger partial charge >= 0.3 is 5.97 Å². The Morgan fingerprint density at radius 3 is 2.46 bits per heavy atom. The van der Waals surface area contributed by atoms with Gasteiger partial charge in [0.05, 0.1) is 17.9 Å². The van der Waals surface area contributed by atoms with Crippen molar-refractivity contribution in [1.29, 1.82) is 0 Å². The molecule has 0 spiro atoms. The number of nitrogens with zero attached hydrogens (tertiary/aromatic N) is 2. The number of aromatic nitrogens is 2. The van der Waals surface area contributed by atoms with E-state index in [0.717, 1.165) is 12.8 Å². The van der Waals surface area contributed by atoms with Crippen molar-refractivity contribution in [1.82, 2.24) is 10.2 Å². The van der Waals surface area contributed by atoms with Gasteiger partial charge in [0.2, 0.25) is 0 Å². The SMILES string of the molecule is CCOC(=O)c1ccccc1NC(=O)c1ccc(NC2CCCCCC2)nn1. The molecule has 0 unspecified atom stereocenters. The molecule has 0 atom stereocenters. The lowest BCUT2D eigenvalue weighted by Gasteiger charge is -2.16. The third-order valence-corrected chi connectivity index (χ3v) is 4.77. The molecule has 3 rings (SSSR count). The van der Waals surface area contributed by atoms with Gasteiger partial charge in [-0.15, -0.1) is 10.2 Å². The van der Waals surface area contributed by atoms with Crippen molar-refractivity contribution in [3.63, 3.8) is 0 Å². The normalized spacial score (nSPS) is 14.8. The summed E-state index contributed by atoms with van der Waals surface area (Å²) in [4.78, 5) is 24.5. The van der Waals surface area contributed by atoms with E-state index in [1.165, 1.54) is 25.7 Å². The van der Waals surface area contributed by atoms with E-state index in [1.807, 2.05) is 0 Å². The molecule has 0 saturated heterocycles. The minimum Gasteiger partial charge on any atom is -0.462 e. The fourth-order valence-corrected chi connectivity index (χ4v) is 3.33. The fourth-order valence-electron chi connectivity index (χ4n) is 3.33. The first-order valence-electron chi connectivity index (χ1n) is 9.85. The Balaban J connectivity index is 1.64. The van der Waals surface area contributed by atoms with E-state index in [4.69, 9.17) is 4.74 Å². The van der Waals surface area contributed by atoms with Crippen LogP contribution in [0.5, 0.6) is 0 Å². The van der Waals surface area contributed by atoms with Gasteiger partial charge in [-0.05, 0) is 44.0 Å². The van der Waals surface area contributed by atoms with Crippen LogP contribution in [-0.2, 0) is 4.74 Å². The highest BCUT2D eigenvalue weighted by molar-refractivity contribution is 6.07. The van der Waals surface area contributed by atoms with E-state index in [-0.39, 0.29) is 12.3 Å². The van der Waals surface area contributed by atoms with Gasteiger partial charge in [0.25, 0.3) is 5.91 Å². The van der Waals surface area contributed by atoms with Crippen molar-refractivity contribution in [3.05, 3.63) is 47.7 Å². The first-order chi connectivity index (χ1) is 13.7. The van der Waals surface area contributed by atoms with Crippen molar-refractivity contribution in [3.8, 4) is 0 Å². The maximum Gasteiger partial charge on any atom is 0.340 e. The van der Waals surface area contributed by atoms with Crippen LogP contribution in [0.1, 0.15) is 66.3 Å². The summed E-state index contributed by atoms with van der Waals surface area (Å²) in [6.45, 7) is 2.00. The molecule has 1 aromatic carbocycles. The number of carbonyl (C=O) groups excluding carboxylic acids is 2. The molecule has 1 aliphatic carbocycles. The molecule has 0 aliphatic heterocycles. The zero-order valence-corrected chi connectivity index (χ0v) is 16.1. The highest BCUT2D eigenvalue weighted by Crippen LogP contribution is 2.20. The van der Waals surface area contributed by atoms with Crippen molar-refractivity contribution >= 4 is 23.4 Å². The van der Waals surface area contributed by atoms with Crippen molar-refractivity contribution < 1.29 is 14.3 Å². The number of nitrogens with one attached hydrogen (secondary N) is 2. The van der Waals surface area contributed by atoms with Crippen LogP contribution in [0.4, 0.5) is 11.5 Å². The Morgan fingerprint density at radius 2 is 1.79 bits per heavy atom. The molecule has 1 aliphatic rings. The Hall–Kier alpha value is -2.96. The second-order valence-corrected chi connectivity index (χ2v) is 6.86. The zero-order valence-electron chi connectivity index (χ0n) is 16.1. The molecule has 148 valence electrons. The largest absolute Gasteiger partial charge is 0.462 e. The fraction of sp³-hybridized carbons (Fsp3) is 0.429. The van der Waals surface area contributed by atoms with Crippen LogP contribution < -0.4 is 10.6 Å². The summed E-state index contributed by atoms with van der Waals surface area (Å²) in [7, 11) is 0. The summed E-state index contributed by atoms with van der Waals surface area (Å²) < 4.78 is 5.03. The number of amides is 1. The van der Waals surface area contributed by atoms with Gasteiger partial charge in [-0.2, -0.15) is 0 Å².